The van der Waals surface area contributed by atoms with E-state index in [-0.39, 0.29) is 5.78 Å². The SMILES string of the molecule is O=C(CC1CCCC1)c1ncc(Br)cc1Br. The minimum Gasteiger partial charge on any atom is -0.292 e. The molecular weight excluding hydrogens is 334 g/mol. The molecule has 1 aliphatic carbocycles. The van der Waals surface area contributed by atoms with Crippen molar-refractivity contribution in [2.75, 3.05) is 0 Å². The Morgan fingerprint density at radius 3 is 2.69 bits per heavy atom. The summed E-state index contributed by atoms with van der Waals surface area (Å²) in [4.78, 5) is 16.2. The summed E-state index contributed by atoms with van der Waals surface area (Å²) >= 11 is 6.71. The first kappa shape index (κ1) is 12.2. The predicted octanol–water partition coefficient (Wildman–Crippen LogP) is 4.37. The highest BCUT2D eigenvalue weighted by Crippen LogP contribution is 2.30. The van der Waals surface area contributed by atoms with Gasteiger partial charge in [0.2, 0.25) is 0 Å². The molecular formula is C12H13Br2NO. The van der Waals surface area contributed by atoms with E-state index < -0.39 is 0 Å². The fourth-order valence-corrected chi connectivity index (χ4v) is 3.40. The molecule has 2 nitrogen and oxygen atoms in total. The summed E-state index contributed by atoms with van der Waals surface area (Å²) in [6, 6.07) is 1.87. The van der Waals surface area contributed by atoms with Gasteiger partial charge >= 0.3 is 0 Å². The van der Waals surface area contributed by atoms with Gasteiger partial charge in [0, 0.05) is 21.6 Å². The van der Waals surface area contributed by atoms with Crippen molar-refractivity contribution in [2.45, 2.75) is 32.1 Å². The quantitative estimate of drug-likeness (QED) is 0.760. The normalized spacial score (nSPS) is 16.6. The summed E-state index contributed by atoms with van der Waals surface area (Å²) in [5.41, 5.74) is 0.565. The van der Waals surface area contributed by atoms with Crippen LogP contribution in [0.15, 0.2) is 21.2 Å². The fourth-order valence-electron chi connectivity index (χ4n) is 2.19. The summed E-state index contributed by atoms with van der Waals surface area (Å²) in [5, 5.41) is 0. The lowest BCUT2D eigenvalue weighted by molar-refractivity contribution is 0.0956. The molecule has 1 fully saturated rings. The molecule has 1 saturated carbocycles. The standard InChI is InChI=1S/C12H13Br2NO/c13-9-6-10(14)12(15-7-9)11(16)5-8-3-1-2-4-8/h6-8H,1-5H2. The van der Waals surface area contributed by atoms with Crippen molar-refractivity contribution >= 4 is 37.6 Å². The second kappa shape index (κ2) is 5.41. The number of nitrogens with zero attached hydrogens (tertiary/aromatic N) is 1. The van der Waals surface area contributed by atoms with Crippen LogP contribution < -0.4 is 0 Å². The third kappa shape index (κ3) is 2.92. The Kier molecular flexibility index (Phi) is 4.14. The molecule has 0 bridgehead atoms. The summed E-state index contributed by atoms with van der Waals surface area (Å²) in [7, 11) is 0. The minimum atomic E-state index is 0.159. The zero-order chi connectivity index (χ0) is 11.5. The van der Waals surface area contributed by atoms with Gasteiger partial charge in [-0.25, -0.2) is 0 Å². The maximum absolute atomic E-state index is 12.0. The van der Waals surface area contributed by atoms with Crippen LogP contribution >= 0.6 is 31.9 Å². The highest BCUT2D eigenvalue weighted by molar-refractivity contribution is 9.11. The van der Waals surface area contributed by atoms with E-state index in [4.69, 9.17) is 0 Å². The van der Waals surface area contributed by atoms with Crippen LogP contribution in [0.25, 0.3) is 0 Å². The van der Waals surface area contributed by atoms with Crippen LogP contribution in [0.5, 0.6) is 0 Å². The van der Waals surface area contributed by atoms with E-state index in [1.54, 1.807) is 6.20 Å². The van der Waals surface area contributed by atoms with Crippen LogP contribution in [0.1, 0.15) is 42.6 Å². The van der Waals surface area contributed by atoms with Gasteiger partial charge in [-0.3, -0.25) is 9.78 Å². The van der Waals surface area contributed by atoms with Gasteiger partial charge in [0.15, 0.2) is 5.78 Å². The maximum Gasteiger partial charge on any atom is 0.182 e. The van der Waals surface area contributed by atoms with E-state index >= 15 is 0 Å². The first-order valence-corrected chi connectivity index (χ1v) is 7.09. The Hall–Kier alpha value is -0.220. The lowest BCUT2D eigenvalue weighted by Crippen LogP contribution is -2.08. The van der Waals surface area contributed by atoms with E-state index in [0.29, 0.717) is 18.0 Å². The van der Waals surface area contributed by atoms with Gasteiger partial charge in [0.05, 0.1) is 0 Å². The molecule has 2 rings (SSSR count). The van der Waals surface area contributed by atoms with Gasteiger partial charge in [0.25, 0.3) is 0 Å². The molecule has 1 heterocycles. The topological polar surface area (TPSA) is 30.0 Å². The number of Topliss-reactive ketones (excluding diaryl/α,β-unsaturated/α-hetero) is 1. The van der Waals surface area contributed by atoms with Crippen molar-refractivity contribution in [1.29, 1.82) is 0 Å². The number of carbonyl (C=O) groups is 1. The molecule has 0 unspecified atom stereocenters. The summed E-state index contributed by atoms with van der Waals surface area (Å²) in [5.74, 6) is 0.733. The van der Waals surface area contributed by atoms with Crippen LogP contribution in [-0.4, -0.2) is 10.8 Å². The molecule has 86 valence electrons. The summed E-state index contributed by atoms with van der Waals surface area (Å²) in [6.07, 6.45) is 7.25. The third-order valence-corrected chi connectivity index (χ3v) is 4.06. The summed E-state index contributed by atoms with van der Waals surface area (Å²) in [6.45, 7) is 0. The van der Waals surface area contributed by atoms with E-state index in [1.807, 2.05) is 6.07 Å². The molecule has 0 atom stereocenters. The number of hydrogen-bond acceptors (Lipinski definition) is 2. The Morgan fingerprint density at radius 1 is 1.38 bits per heavy atom. The molecule has 0 N–H and O–H groups in total. The Balaban J connectivity index is 2.08. The molecule has 4 heteroatoms. The number of halogens is 2. The first-order chi connectivity index (χ1) is 7.66. The fraction of sp³-hybridized carbons (Fsp3) is 0.500. The monoisotopic (exact) mass is 345 g/mol. The molecule has 1 aliphatic rings. The maximum atomic E-state index is 12.0. The van der Waals surface area contributed by atoms with Crippen molar-refractivity contribution in [3.63, 3.8) is 0 Å². The summed E-state index contributed by atoms with van der Waals surface area (Å²) < 4.78 is 1.67. The number of hydrogen-bond donors (Lipinski definition) is 0. The molecule has 16 heavy (non-hydrogen) atoms. The minimum absolute atomic E-state index is 0.159. The second-order valence-corrected chi connectivity index (χ2v) is 6.03. The van der Waals surface area contributed by atoms with Crippen LogP contribution in [0, 0.1) is 5.92 Å². The molecule has 0 amide bonds. The molecule has 0 aliphatic heterocycles. The average molecular weight is 347 g/mol. The highest BCUT2D eigenvalue weighted by atomic mass is 79.9. The largest absolute Gasteiger partial charge is 0.292 e. The molecule has 0 saturated heterocycles. The molecule has 0 aromatic carbocycles. The Bertz CT molecular complexity index is 400. The van der Waals surface area contributed by atoms with Gasteiger partial charge < -0.3 is 0 Å². The van der Waals surface area contributed by atoms with Gasteiger partial charge in [-0.2, -0.15) is 0 Å². The number of pyridine rings is 1. The molecule has 0 spiro atoms. The van der Waals surface area contributed by atoms with Crippen molar-refractivity contribution in [2.24, 2.45) is 5.92 Å². The van der Waals surface area contributed by atoms with Crippen molar-refractivity contribution in [3.8, 4) is 0 Å². The van der Waals surface area contributed by atoms with Gasteiger partial charge in [-0.05, 0) is 43.8 Å². The lowest BCUT2D eigenvalue weighted by atomic mass is 9.99. The zero-order valence-electron chi connectivity index (χ0n) is 8.88. The van der Waals surface area contributed by atoms with Gasteiger partial charge in [-0.1, -0.05) is 25.7 Å². The average Bonchev–Trinajstić information content (AvgIpc) is 2.70. The van der Waals surface area contributed by atoms with Gasteiger partial charge in [-0.15, -0.1) is 0 Å². The van der Waals surface area contributed by atoms with Crippen LogP contribution in [0.2, 0.25) is 0 Å². The third-order valence-electron chi connectivity index (χ3n) is 3.02. The Labute approximate surface area is 112 Å². The Morgan fingerprint density at radius 2 is 2.06 bits per heavy atom. The second-order valence-electron chi connectivity index (χ2n) is 4.26. The highest BCUT2D eigenvalue weighted by Gasteiger charge is 2.21. The molecule has 1 aromatic heterocycles. The van der Waals surface area contributed by atoms with Crippen LogP contribution in [0.3, 0.4) is 0 Å². The molecule has 0 radical (unpaired) electrons. The van der Waals surface area contributed by atoms with E-state index in [1.165, 1.54) is 25.7 Å². The molecule has 1 aromatic rings. The van der Waals surface area contributed by atoms with E-state index in [0.717, 1.165) is 8.95 Å². The number of ketones is 1. The van der Waals surface area contributed by atoms with E-state index in [9.17, 15) is 4.79 Å². The lowest BCUT2D eigenvalue weighted by Gasteiger charge is -2.08. The van der Waals surface area contributed by atoms with Crippen LogP contribution in [-0.2, 0) is 0 Å². The number of rotatable bonds is 3. The number of aromatic nitrogens is 1. The zero-order valence-corrected chi connectivity index (χ0v) is 12.1. The van der Waals surface area contributed by atoms with Crippen molar-refractivity contribution in [1.82, 2.24) is 4.98 Å². The van der Waals surface area contributed by atoms with Crippen molar-refractivity contribution in [3.05, 3.63) is 26.9 Å². The smallest absolute Gasteiger partial charge is 0.182 e. The van der Waals surface area contributed by atoms with E-state index in [2.05, 4.69) is 36.8 Å². The first-order valence-electron chi connectivity index (χ1n) is 5.51. The van der Waals surface area contributed by atoms with Gasteiger partial charge in [0.1, 0.15) is 5.69 Å². The number of carbonyl (C=O) groups excluding carboxylic acids is 1. The predicted molar refractivity (Wildman–Crippen MR) is 70.5 cm³/mol. The van der Waals surface area contributed by atoms with Crippen molar-refractivity contribution < 1.29 is 4.79 Å². The van der Waals surface area contributed by atoms with Crippen LogP contribution in [0.4, 0.5) is 0 Å².